The third kappa shape index (κ3) is 3.51. The molecule has 1 saturated heterocycles. The molecule has 0 aromatic heterocycles. The topological polar surface area (TPSA) is 43.0 Å². The van der Waals surface area contributed by atoms with Crippen LogP contribution in [0.5, 0.6) is 0 Å². The van der Waals surface area contributed by atoms with Crippen molar-refractivity contribution in [3.63, 3.8) is 0 Å². The molecule has 1 aliphatic heterocycles. The standard InChI is InChI=1S/C10H24N2O3Si/c1-4-13-16(14-5-2,15-6-3)12-9-7-11-8-10-12/h11H,4-10H2,1-3H3. The van der Waals surface area contributed by atoms with Gasteiger partial charge < -0.3 is 18.6 Å². The van der Waals surface area contributed by atoms with Crippen molar-refractivity contribution in [3.05, 3.63) is 0 Å². The lowest BCUT2D eigenvalue weighted by molar-refractivity contribution is 0.0136. The van der Waals surface area contributed by atoms with Crippen LogP contribution in [0.25, 0.3) is 0 Å². The highest BCUT2D eigenvalue weighted by molar-refractivity contribution is 6.57. The van der Waals surface area contributed by atoms with Crippen LogP contribution in [0.4, 0.5) is 0 Å². The van der Waals surface area contributed by atoms with Gasteiger partial charge in [0, 0.05) is 46.0 Å². The number of hydrogen-bond acceptors (Lipinski definition) is 5. The summed E-state index contributed by atoms with van der Waals surface area (Å²) in [5, 5.41) is 3.33. The van der Waals surface area contributed by atoms with E-state index in [-0.39, 0.29) is 0 Å². The average molecular weight is 248 g/mol. The zero-order valence-electron chi connectivity index (χ0n) is 10.6. The Labute approximate surface area is 99.5 Å². The Morgan fingerprint density at radius 2 is 1.38 bits per heavy atom. The van der Waals surface area contributed by atoms with Gasteiger partial charge in [-0.3, -0.25) is 4.57 Å². The summed E-state index contributed by atoms with van der Waals surface area (Å²) in [6.07, 6.45) is 0. The smallest absolute Gasteiger partial charge is 0.361 e. The Kier molecular flexibility index (Phi) is 6.48. The Bertz CT molecular complexity index is 172. The Morgan fingerprint density at radius 1 is 0.938 bits per heavy atom. The van der Waals surface area contributed by atoms with E-state index in [0.29, 0.717) is 19.8 Å². The number of rotatable bonds is 7. The molecule has 0 aromatic carbocycles. The van der Waals surface area contributed by atoms with Crippen LogP contribution in [0.1, 0.15) is 20.8 Å². The maximum absolute atomic E-state index is 5.84. The highest BCUT2D eigenvalue weighted by Gasteiger charge is 2.48. The van der Waals surface area contributed by atoms with Gasteiger partial charge in [0.05, 0.1) is 0 Å². The van der Waals surface area contributed by atoms with Crippen molar-refractivity contribution < 1.29 is 13.3 Å². The minimum atomic E-state index is -2.60. The lowest BCUT2D eigenvalue weighted by Crippen LogP contribution is -2.65. The van der Waals surface area contributed by atoms with Crippen LogP contribution in [0, 0.1) is 0 Å². The van der Waals surface area contributed by atoms with Gasteiger partial charge in [0.15, 0.2) is 0 Å². The van der Waals surface area contributed by atoms with E-state index in [4.69, 9.17) is 13.3 Å². The van der Waals surface area contributed by atoms with Crippen molar-refractivity contribution in [2.75, 3.05) is 46.0 Å². The molecule has 0 bridgehead atoms. The lowest BCUT2D eigenvalue weighted by Gasteiger charge is -2.39. The zero-order valence-corrected chi connectivity index (χ0v) is 11.6. The van der Waals surface area contributed by atoms with E-state index < -0.39 is 8.97 Å². The fraction of sp³-hybridized carbons (Fsp3) is 1.00. The summed E-state index contributed by atoms with van der Waals surface area (Å²) in [6, 6.07) is 0. The van der Waals surface area contributed by atoms with Crippen molar-refractivity contribution >= 4 is 8.97 Å². The quantitative estimate of drug-likeness (QED) is 0.662. The number of hydrogen-bond donors (Lipinski definition) is 1. The van der Waals surface area contributed by atoms with Crippen molar-refractivity contribution in [2.24, 2.45) is 0 Å². The Hall–Kier alpha value is 0.0169. The molecular formula is C10H24N2O3Si. The van der Waals surface area contributed by atoms with E-state index in [0.717, 1.165) is 26.2 Å². The van der Waals surface area contributed by atoms with Crippen molar-refractivity contribution in [3.8, 4) is 0 Å². The summed E-state index contributed by atoms with van der Waals surface area (Å²) in [7, 11) is -2.60. The summed E-state index contributed by atoms with van der Waals surface area (Å²) in [5.74, 6) is 0. The van der Waals surface area contributed by atoms with Gasteiger partial charge in [-0.15, -0.1) is 0 Å². The fourth-order valence-corrected chi connectivity index (χ4v) is 4.55. The zero-order chi connectivity index (χ0) is 11.9. The minimum Gasteiger partial charge on any atom is -0.361 e. The van der Waals surface area contributed by atoms with Crippen LogP contribution in [0.15, 0.2) is 0 Å². The molecule has 16 heavy (non-hydrogen) atoms. The summed E-state index contributed by atoms with van der Waals surface area (Å²) in [5.41, 5.74) is 0. The van der Waals surface area contributed by atoms with Crippen molar-refractivity contribution in [1.82, 2.24) is 9.88 Å². The number of nitrogens with zero attached hydrogens (tertiary/aromatic N) is 1. The van der Waals surface area contributed by atoms with Crippen molar-refractivity contribution in [1.29, 1.82) is 0 Å². The third-order valence-corrected chi connectivity index (χ3v) is 5.67. The van der Waals surface area contributed by atoms with E-state index in [1.165, 1.54) is 0 Å². The number of piperazine rings is 1. The van der Waals surface area contributed by atoms with E-state index >= 15 is 0 Å². The first-order valence-electron chi connectivity index (χ1n) is 6.16. The van der Waals surface area contributed by atoms with Crippen LogP contribution in [-0.2, 0) is 13.3 Å². The molecule has 0 spiro atoms. The maximum atomic E-state index is 5.84. The third-order valence-electron chi connectivity index (χ3n) is 2.48. The molecule has 0 atom stereocenters. The second-order valence-corrected chi connectivity index (χ2v) is 6.11. The first-order valence-corrected chi connectivity index (χ1v) is 7.83. The molecule has 0 aliphatic carbocycles. The molecule has 6 heteroatoms. The van der Waals surface area contributed by atoms with Gasteiger partial charge >= 0.3 is 8.97 Å². The first kappa shape index (κ1) is 14.1. The molecule has 0 unspecified atom stereocenters. The molecule has 96 valence electrons. The molecule has 1 N–H and O–H groups in total. The van der Waals surface area contributed by atoms with Crippen LogP contribution in [0.3, 0.4) is 0 Å². The predicted octanol–water partition coefficient (Wildman–Crippen LogP) is 0.437. The van der Waals surface area contributed by atoms with Crippen LogP contribution < -0.4 is 5.32 Å². The van der Waals surface area contributed by atoms with Gasteiger partial charge in [0.2, 0.25) is 0 Å². The van der Waals surface area contributed by atoms with Gasteiger partial charge in [-0.2, -0.15) is 0 Å². The molecule has 1 fully saturated rings. The van der Waals surface area contributed by atoms with E-state index in [1.54, 1.807) is 0 Å². The molecule has 1 heterocycles. The van der Waals surface area contributed by atoms with Gasteiger partial charge in [-0.25, -0.2) is 0 Å². The molecular weight excluding hydrogens is 224 g/mol. The SMILES string of the molecule is CCO[Si](OCC)(OCC)N1CCNCC1. The van der Waals surface area contributed by atoms with Gasteiger partial charge in [-0.1, -0.05) is 0 Å². The predicted molar refractivity (Wildman–Crippen MR) is 65.1 cm³/mol. The molecule has 0 saturated carbocycles. The fourth-order valence-electron chi connectivity index (χ4n) is 1.88. The lowest BCUT2D eigenvalue weighted by atomic mass is 10.4. The molecule has 0 aromatic rings. The maximum Gasteiger partial charge on any atom is 0.599 e. The van der Waals surface area contributed by atoms with Gasteiger partial charge in [0.1, 0.15) is 0 Å². The van der Waals surface area contributed by atoms with Gasteiger partial charge in [0.25, 0.3) is 0 Å². The van der Waals surface area contributed by atoms with Crippen LogP contribution in [-0.4, -0.2) is 59.5 Å². The Balaban J connectivity index is 2.70. The second-order valence-electron chi connectivity index (χ2n) is 3.56. The summed E-state index contributed by atoms with van der Waals surface area (Å²) in [6.45, 7) is 11.7. The minimum absolute atomic E-state index is 0.635. The van der Waals surface area contributed by atoms with E-state index in [2.05, 4.69) is 9.88 Å². The second kappa shape index (κ2) is 7.36. The molecule has 1 aliphatic rings. The van der Waals surface area contributed by atoms with Crippen LogP contribution >= 0.6 is 0 Å². The summed E-state index contributed by atoms with van der Waals surface area (Å²) >= 11 is 0. The summed E-state index contributed by atoms with van der Waals surface area (Å²) < 4.78 is 19.8. The Morgan fingerprint density at radius 3 is 1.75 bits per heavy atom. The first-order chi connectivity index (χ1) is 7.79. The van der Waals surface area contributed by atoms with Gasteiger partial charge in [-0.05, 0) is 20.8 Å². The molecule has 1 rings (SSSR count). The highest BCUT2D eigenvalue weighted by atomic mass is 28.4. The molecule has 5 nitrogen and oxygen atoms in total. The van der Waals surface area contributed by atoms with Crippen molar-refractivity contribution in [2.45, 2.75) is 20.8 Å². The summed E-state index contributed by atoms with van der Waals surface area (Å²) in [4.78, 5) is 0. The monoisotopic (exact) mass is 248 g/mol. The molecule has 0 radical (unpaired) electrons. The number of nitrogens with one attached hydrogen (secondary N) is 1. The van der Waals surface area contributed by atoms with E-state index in [9.17, 15) is 0 Å². The molecule has 0 amide bonds. The van der Waals surface area contributed by atoms with E-state index in [1.807, 2.05) is 20.8 Å². The largest absolute Gasteiger partial charge is 0.599 e. The normalized spacial score (nSPS) is 18.9. The van der Waals surface area contributed by atoms with Crippen LogP contribution in [0.2, 0.25) is 0 Å². The average Bonchev–Trinajstić information content (AvgIpc) is 2.31. The highest BCUT2D eigenvalue weighted by Crippen LogP contribution is 2.16.